The van der Waals surface area contributed by atoms with Crippen LogP contribution in [0.5, 0.6) is 5.88 Å². The second-order valence-corrected chi connectivity index (χ2v) is 7.68. The van der Waals surface area contributed by atoms with Crippen molar-refractivity contribution in [3.05, 3.63) is 53.3 Å². The van der Waals surface area contributed by atoms with Gasteiger partial charge < -0.3 is 5.11 Å². The molecule has 1 aliphatic rings. The van der Waals surface area contributed by atoms with Gasteiger partial charge in [-0.2, -0.15) is 9.78 Å². The Bertz CT molecular complexity index is 871. The summed E-state index contributed by atoms with van der Waals surface area (Å²) in [6.45, 7) is 1.87. The highest BCUT2D eigenvalue weighted by Gasteiger charge is 2.23. The second-order valence-electron chi connectivity index (χ2n) is 5.87. The fraction of sp³-hybridized carbons (Fsp3) is 0.222. The van der Waals surface area contributed by atoms with E-state index in [2.05, 4.69) is 10.1 Å². The molecular formula is C18H16ClN3OS. The lowest BCUT2D eigenvalue weighted by Gasteiger charge is -2.05. The van der Waals surface area contributed by atoms with Crippen LogP contribution in [0.1, 0.15) is 18.5 Å². The summed E-state index contributed by atoms with van der Waals surface area (Å²) in [6.07, 6.45) is 4.42. The van der Waals surface area contributed by atoms with Crippen LogP contribution in [-0.2, 0) is 0 Å². The molecule has 1 aliphatic carbocycles. The highest BCUT2D eigenvalue weighted by Crippen LogP contribution is 2.39. The van der Waals surface area contributed by atoms with E-state index in [-0.39, 0.29) is 5.88 Å². The summed E-state index contributed by atoms with van der Waals surface area (Å²) < 4.78 is 1.48. The summed E-state index contributed by atoms with van der Waals surface area (Å²) in [6, 6.07) is 11.3. The lowest BCUT2D eigenvalue weighted by atomic mass is 10.1. The standard InChI is InChI=1S/C18H16ClN3OS/c1-11-17(12-2-4-13(19)5-3-12)18(23)22(21-11)16-9-8-15(10-20-16)24-14-6-7-14/h2-5,8-10,14,23H,6-7H2,1H3. The van der Waals surface area contributed by atoms with Gasteiger partial charge >= 0.3 is 0 Å². The first-order valence-electron chi connectivity index (χ1n) is 7.79. The van der Waals surface area contributed by atoms with Crippen LogP contribution in [-0.4, -0.2) is 25.1 Å². The summed E-state index contributed by atoms with van der Waals surface area (Å²) in [5, 5.41) is 16.5. The second kappa shape index (κ2) is 6.15. The van der Waals surface area contributed by atoms with Crippen molar-refractivity contribution in [2.24, 2.45) is 0 Å². The van der Waals surface area contributed by atoms with E-state index < -0.39 is 0 Å². The summed E-state index contributed by atoms with van der Waals surface area (Å²) in [5.74, 6) is 0.695. The summed E-state index contributed by atoms with van der Waals surface area (Å²) in [7, 11) is 0. The number of benzene rings is 1. The largest absolute Gasteiger partial charge is 0.493 e. The zero-order chi connectivity index (χ0) is 16.7. The maximum atomic E-state index is 10.6. The molecule has 0 saturated heterocycles. The molecule has 0 aliphatic heterocycles. The molecule has 2 heterocycles. The van der Waals surface area contributed by atoms with Gasteiger partial charge in [0.1, 0.15) is 0 Å². The van der Waals surface area contributed by atoms with Crippen LogP contribution >= 0.6 is 23.4 Å². The molecule has 6 heteroatoms. The SMILES string of the molecule is Cc1nn(-c2ccc(SC3CC3)cn2)c(O)c1-c1ccc(Cl)cc1. The molecule has 0 bridgehead atoms. The number of halogens is 1. The van der Waals surface area contributed by atoms with Crippen molar-refractivity contribution < 1.29 is 5.11 Å². The molecule has 4 rings (SSSR count). The molecule has 0 amide bonds. The van der Waals surface area contributed by atoms with E-state index in [9.17, 15) is 5.11 Å². The monoisotopic (exact) mass is 357 g/mol. The normalized spacial score (nSPS) is 14.1. The minimum absolute atomic E-state index is 0.0879. The molecule has 1 aromatic carbocycles. The van der Waals surface area contributed by atoms with Gasteiger partial charge in [0, 0.05) is 21.4 Å². The van der Waals surface area contributed by atoms with E-state index in [1.54, 1.807) is 12.1 Å². The first-order valence-corrected chi connectivity index (χ1v) is 9.05. The van der Waals surface area contributed by atoms with E-state index in [4.69, 9.17) is 11.6 Å². The van der Waals surface area contributed by atoms with Crippen molar-refractivity contribution in [1.29, 1.82) is 0 Å². The Hall–Kier alpha value is -1.98. The first-order chi connectivity index (χ1) is 11.6. The number of aromatic nitrogens is 3. The number of hydrogen-bond acceptors (Lipinski definition) is 4. The van der Waals surface area contributed by atoms with Gasteiger partial charge in [-0.15, -0.1) is 11.8 Å². The lowest BCUT2D eigenvalue weighted by Crippen LogP contribution is -1.99. The maximum Gasteiger partial charge on any atom is 0.223 e. The number of nitrogens with zero attached hydrogens (tertiary/aromatic N) is 3. The molecular weight excluding hydrogens is 342 g/mol. The van der Waals surface area contributed by atoms with Crippen molar-refractivity contribution in [3.63, 3.8) is 0 Å². The zero-order valence-electron chi connectivity index (χ0n) is 13.1. The smallest absolute Gasteiger partial charge is 0.223 e. The summed E-state index contributed by atoms with van der Waals surface area (Å²) in [5.41, 5.74) is 2.32. The van der Waals surface area contributed by atoms with Gasteiger partial charge in [-0.1, -0.05) is 23.7 Å². The summed E-state index contributed by atoms with van der Waals surface area (Å²) >= 11 is 7.80. The van der Waals surface area contributed by atoms with Gasteiger partial charge in [-0.05, 0) is 49.6 Å². The number of aromatic hydroxyl groups is 1. The minimum Gasteiger partial charge on any atom is -0.493 e. The van der Waals surface area contributed by atoms with Gasteiger partial charge in [0.05, 0.1) is 11.3 Å². The Labute approximate surface area is 149 Å². The lowest BCUT2D eigenvalue weighted by molar-refractivity contribution is 0.433. The molecule has 1 saturated carbocycles. The number of aryl methyl sites for hydroxylation is 1. The third kappa shape index (κ3) is 3.01. The Balaban J connectivity index is 1.68. The third-order valence-electron chi connectivity index (χ3n) is 3.93. The average Bonchev–Trinajstić information content (AvgIpc) is 3.34. The Morgan fingerprint density at radius 2 is 1.92 bits per heavy atom. The van der Waals surface area contributed by atoms with Crippen LogP contribution < -0.4 is 0 Å². The zero-order valence-corrected chi connectivity index (χ0v) is 14.7. The number of hydrogen-bond donors (Lipinski definition) is 1. The van der Waals surface area contributed by atoms with Crippen LogP contribution in [0.4, 0.5) is 0 Å². The Morgan fingerprint density at radius 3 is 2.54 bits per heavy atom. The molecule has 0 unspecified atom stereocenters. The van der Waals surface area contributed by atoms with Gasteiger partial charge in [0.15, 0.2) is 5.82 Å². The molecule has 4 nitrogen and oxygen atoms in total. The quantitative estimate of drug-likeness (QED) is 0.724. The molecule has 0 radical (unpaired) electrons. The average molecular weight is 358 g/mol. The van der Waals surface area contributed by atoms with E-state index in [0.717, 1.165) is 21.4 Å². The molecule has 24 heavy (non-hydrogen) atoms. The van der Waals surface area contributed by atoms with E-state index in [0.29, 0.717) is 16.4 Å². The molecule has 1 N–H and O–H groups in total. The topological polar surface area (TPSA) is 50.9 Å². The minimum atomic E-state index is 0.0879. The molecule has 2 aromatic heterocycles. The Morgan fingerprint density at radius 1 is 1.17 bits per heavy atom. The van der Waals surface area contributed by atoms with E-state index in [1.807, 2.05) is 49.1 Å². The van der Waals surface area contributed by atoms with E-state index >= 15 is 0 Å². The van der Waals surface area contributed by atoms with Gasteiger partial charge in [-0.3, -0.25) is 0 Å². The van der Waals surface area contributed by atoms with Crippen molar-refractivity contribution in [2.75, 3.05) is 0 Å². The maximum absolute atomic E-state index is 10.6. The number of pyridine rings is 1. The first kappa shape index (κ1) is 15.5. The highest BCUT2D eigenvalue weighted by molar-refractivity contribution is 8.00. The van der Waals surface area contributed by atoms with Crippen LogP contribution in [0, 0.1) is 6.92 Å². The van der Waals surface area contributed by atoms with Crippen LogP contribution in [0.3, 0.4) is 0 Å². The van der Waals surface area contributed by atoms with Gasteiger partial charge in [0.2, 0.25) is 5.88 Å². The van der Waals surface area contributed by atoms with E-state index in [1.165, 1.54) is 17.5 Å². The summed E-state index contributed by atoms with van der Waals surface area (Å²) in [4.78, 5) is 5.61. The van der Waals surface area contributed by atoms with Crippen LogP contribution in [0.25, 0.3) is 16.9 Å². The van der Waals surface area contributed by atoms with Gasteiger partial charge in [-0.25, -0.2) is 4.98 Å². The molecule has 0 atom stereocenters. The van der Waals surface area contributed by atoms with Crippen LogP contribution in [0.15, 0.2) is 47.5 Å². The molecule has 122 valence electrons. The molecule has 3 aromatic rings. The fourth-order valence-corrected chi connectivity index (χ4v) is 3.72. The number of thioether (sulfide) groups is 1. The predicted molar refractivity (Wildman–Crippen MR) is 97.1 cm³/mol. The van der Waals surface area contributed by atoms with Crippen LogP contribution in [0.2, 0.25) is 5.02 Å². The van der Waals surface area contributed by atoms with Crippen molar-refractivity contribution in [1.82, 2.24) is 14.8 Å². The number of rotatable bonds is 4. The fourth-order valence-electron chi connectivity index (χ4n) is 2.58. The highest BCUT2D eigenvalue weighted by atomic mass is 35.5. The van der Waals surface area contributed by atoms with Crippen molar-refractivity contribution >= 4 is 23.4 Å². The molecule has 1 fully saturated rings. The molecule has 0 spiro atoms. The van der Waals surface area contributed by atoms with Crippen molar-refractivity contribution in [3.8, 4) is 22.8 Å². The third-order valence-corrected chi connectivity index (χ3v) is 5.50. The van der Waals surface area contributed by atoms with Gasteiger partial charge in [0.25, 0.3) is 0 Å². The predicted octanol–water partition coefficient (Wildman–Crippen LogP) is 4.86. The van der Waals surface area contributed by atoms with Crippen molar-refractivity contribution in [2.45, 2.75) is 29.9 Å². The Kier molecular flexibility index (Phi) is 3.98.